The molecule has 20 heavy (non-hydrogen) atoms. The Morgan fingerprint density at radius 3 is 2.40 bits per heavy atom. The number of H-pyrrole nitrogens is 1. The number of aromatic amines is 1. The van der Waals surface area contributed by atoms with Crippen LogP contribution in [0.15, 0.2) is 16.9 Å². The number of rotatable bonds is 6. The molecule has 1 aromatic rings. The van der Waals surface area contributed by atoms with Gasteiger partial charge in [-0.1, -0.05) is 0 Å². The summed E-state index contributed by atoms with van der Waals surface area (Å²) in [5, 5.41) is 11.1. The van der Waals surface area contributed by atoms with Gasteiger partial charge in [0.1, 0.15) is 5.69 Å². The lowest BCUT2D eigenvalue weighted by molar-refractivity contribution is 0.0947. The Kier molecular flexibility index (Phi) is 6.21. The van der Waals surface area contributed by atoms with Gasteiger partial charge in [0.05, 0.1) is 0 Å². The van der Waals surface area contributed by atoms with Gasteiger partial charge in [-0.15, -0.1) is 0 Å². The molecule has 0 unspecified atom stereocenters. The fourth-order valence-electron chi connectivity index (χ4n) is 1.53. The molecule has 3 amide bonds. The molecular formula is C12H19N5O3. The molecule has 0 atom stereocenters. The molecule has 0 saturated heterocycles. The van der Waals surface area contributed by atoms with Gasteiger partial charge in [-0.3, -0.25) is 9.59 Å². The van der Waals surface area contributed by atoms with Gasteiger partial charge in [0, 0.05) is 32.2 Å². The van der Waals surface area contributed by atoms with Crippen LogP contribution in [-0.4, -0.2) is 53.2 Å². The van der Waals surface area contributed by atoms with Gasteiger partial charge >= 0.3 is 6.03 Å². The minimum absolute atomic E-state index is 0.125. The van der Waals surface area contributed by atoms with E-state index in [4.69, 9.17) is 0 Å². The van der Waals surface area contributed by atoms with Gasteiger partial charge in [0.25, 0.3) is 11.5 Å². The summed E-state index contributed by atoms with van der Waals surface area (Å²) in [5.74, 6) is -0.404. The largest absolute Gasteiger partial charge is 0.349 e. The first kappa shape index (κ1) is 15.7. The average molecular weight is 281 g/mol. The Morgan fingerprint density at radius 2 is 1.85 bits per heavy atom. The van der Waals surface area contributed by atoms with Crippen molar-refractivity contribution in [3.63, 3.8) is 0 Å². The minimum Gasteiger partial charge on any atom is -0.349 e. The third kappa shape index (κ3) is 4.71. The van der Waals surface area contributed by atoms with Crippen LogP contribution in [0.1, 0.15) is 24.3 Å². The van der Waals surface area contributed by atoms with E-state index in [0.29, 0.717) is 19.6 Å². The second-order valence-corrected chi connectivity index (χ2v) is 3.97. The van der Waals surface area contributed by atoms with Crippen molar-refractivity contribution in [1.82, 2.24) is 25.7 Å². The van der Waals surface area contributed by atoms with Gasteiger partial charge in [-0.25, -0.2) is 9.89 Å². The zero-order valence-corrected chi connectivity index (χ0v) is 11.6. The summed E-state index contributed by atoms with van der Waals surface area (Å²) >= 11 is 0. The fourth-order valence-corrected chi connectivity index (χ4v) is 1.53. The molecule has 0 fully saturated rings. The van der Waals surface area contributed by atoms with Crippen molar-refractivity contribution >= 4 is 11.9 Å². The van der Waals surface area contributed by atoms with Crippen molar-refractivity contribution < 1.29 is 9.59 Å². The number of nitrogens with one attached hydrogen (secondary N) is 3. The van der Waals surface area contributed by atoms with E-state index >= 15 is 0 Å². The zero-order valence-electron chi connectivity index (χ0n) is 11.6. The number of nitrogens with zero attached hydrogens (tertiary/aromatic N) is 2. The summed E-state index contributed by atoms with van der Waals surface area (Å²) in [4.78, 5) is 35.7. The third-order valence-corrected chi connectivity index (χ3v) is 2.65. The Hall–Kier alpha value is -2.38. The van der Waals surface area contributed by atoms with Crippen molar-refractivity contribution in [2.75, 3.05) is 26.2 Å². The number of carbonyl (C=O) groups excluding carboxylic acids is 2. The highest BCUT2D eigenvalue weighted by molar-refractivity contribution is 5.91. The number of hydrogen-bond donors (Lipinski definition) is 3. The second kappa shape index (κ2) is 7.93. The molecule has 0 aliphatic heterocycles. The molecule has 8 heteroatoms. The summed E-state index contributed by atoms with van der Waals surface area (Å²) in [6.45, 7) is 5.67. The Morgan fingerprint density at radius 1 is 1.20 bits per heavy atom. The van der Waals surface area contributed by atoms with E-state index in [2.05, 4.69) is 20.8 Å². The third-order valence-electron chi connectivity index (χ3n) is 2.65. The first-order valence-corrected chi connectivity index (χ1v) is 6.45. The van der Waals surface area contributed by atoms with Crippen molar-refractivity contribution in [1.29, 1.82) is 0 Å². The lowest BCUT2D eigenvalue weighted by atomic mass is 10.3. The normalized spacial score (nSPS) is 9.90. The van der Waals surface area contributed by atoms with E-state index in [-0.39, 0.29) is 23.8 Å². The number of urea groups is 1. The number of hydrogen-bond acceptors (Lipinski definition) is 4. The molecule has 0 saturated carbocycles. The number of amides is 3. The van der Waals surface area contributed by atoms with Crippen LogP contribution >= 0.6 is 0 Å². The van der Waals surface area contributed by atoms with Crippen LogP contribution in [-0.2, 0) is 0 Å². The van der Waals surface area contributed by atoms with Gasteiger partial charge in [0.2, 0.25) is 0 Å². The van der Waals surface area contributed by atoms with Crippen molar-refractivity contribution in [3.8, 4) is 0 Å². The van der Waals surface area contributed by atoms with Crippen LogP contribution in [0.3, 0.4) is 0 Å². The van der Waals surface area contributed by atoms with E-state index < -0.39 is 5.91 Å². The summed E-state index contributed by atoms with van der Waals surface area (Å²) in [7, 11) is 0. The number of carbonyl (C=O) groups is 2. The predicted octanol–water partition coefficient (Wildman–Crippen LogP) is -0.449. The van der Waals surface area contributed by atoms with Crippen molar-refractivity contribution in [2.45, 2.75) is 13.8 Å². The zero-order chi connectivity index (χ0) is 15.0. The standard InChI is InChI=1S/C12H19N5O3/c1-3-17(4-2)12(20)14-8-7-13-11(19)9-5-6-10(18)16-15-9/h5-6H,3-4,7-8H2,1-2H3,(H,13,19)(H,14,20)(H,16,18). The molecule has 0 aromatic carbocycles. The molecule has 1 heterocycles. The molecule has 0 radical (unpaired) electrons. The highest BCUT2D eigenvalue weighted by Crippen LogP contribution is 1.88. The Labute approximate surface area is 116 Å². The fraction of sp³-hybridized carbons (Fsp3) is 0.500. The quantitative estimate of drug-likeness (QED) is 0.614. The topological polar surface area (TPSA) is 107 Å². The first-order valence-electron chi connectivity index (χ1n) is 6.45. The molecule has 8 nitrogen and oxygen atoms in total. The van der Waals surface area contributed by atoms with Crippen molar-refractivity contribution in [3.05, 3.63) is 28.2 Å². The smallest absolute Gasteiger partial charge is 0.317 e. The molecule has 0 aliphatic rings. The highest BCUT2D eigenvalue weighted by Gasteiger charge is 2.09. The van der Waals surface area contributed by atoms with Gasteiger partial charge < -0.3 is 15.5 Å². The molecular weight excluding hydrogens is 262 g/mol. The number of aromatic nitrogens is 2. The van der Waals surface area contributed by atoms with Crippen molar-refractivity contribution in [2.24, 2.45) is 0 Å². The summed E-state index contributed by atoms with van der Waals surface area (Å²) in [6.07, 6.45) is 0. The Balaban J connectivity index is 2.30. The molecule has 0 aliphatic carbocycles. The van der Waals surface area contributed by atoms with E-state index in [1.54, 1.807) is 4.90 Å². The maximum absolute atomic E-state index is 11.6. The summed E-state index contributed by atoms with van der Waals surface area (Å²) < 4.78 is 0. The van der Waals surface area contributed by atoms with Crippen LogP contribution in [0.25, 0.3) is 0 Å². The van der Waals surface area contributed by atoms with Gasteiger partial charge in [-0.05, 0) is 19.9 Å². The SMILES string of the molecule is CCN(CC)C(=O)NCCNC(=O)c1ccc(=O)[nH]n1. The van der Waals surface area contributed by atoms with Crippen LogP contribution in [0.2, 0.25) is 0 Å². The molecule has 1 aromatic heterocycles. The Bertz CT molecular complexity index is 490. The molecule has 110 valence electrons. The van der Waals surface area contributed by atoms with Gasteiger partial charge in [-0.2, -0.15) is 5.10 Å². The molecule has 0 bridgehead atoms. The summed E-state index contributed by atoms with van der Waals surface area (Å²) in [6, 6.07) is 2.40. The van der Waals surface area contributed by atoms with E-state index in [1.807, 2.05) is 13.8 Å². The lowest BCUT2D eigenvalue weighted by Gasteiger charge is -2.19. The van der Waals surface area contributed by atoms with Crippen LogP contribution in [0.5, 0.6) is 0 Å². The monoisotopic (exact) mass is 281 g/mol. The minimum atomic E-state index is -0.404. The maximum atomic E-state index is 11.6. The van der Waals surface area contributed by atoms with Crippen LogP contribution < -0.4 is 16.2 Å². The molecule has 0 spiro atoms. The molecule has 1 rings (SSSR count). The highest BCUT2D eigenvalue weighted by atomic mass is 16.2. The lowest BCUT2D eigenvalue weighted by Crippen LogP contribution is -2.43. The van der Waals surface area contributed by atoms with E-state index in [0.717, 1.165) is 0 Å². The van der Waals surface area contributed by atoms with Gasteiger partial charge in [0.15, 0.2) is 0 Å². The van der Waals surface area contributed by atoms with Crippen LogP contribution in [0.4, 0.5) is 4.79 Å². The average Bonchev–Trinajstić information content (AvgIpc) is 2.45. The maximum Gasteiger partial charge on any atom is 0.317 e. The summed E-state index contributed by atoms with van der Waals surface area (Å²) in [5.41, 5.74) is -0.243. The van der Waals surface area contributed by atoms with Crippen LogP contribution in [0, 0.1) is 0 Å². The molecule has 3 N–H and O–H groups in total. The van der Waals surface area contributed by atoms with E-state index in [9.17, 15) is 14.4 Å². The predicted molar refractivity (Wildman–Crippen MR) is 73.5 cm³/mol. The first-order chi connectivity index (χ1) is 9.58. The second-order valence-electron chi connectivity index (χ2n) is 3.97. The van der Waals surface area contributed by atoms with E-state index in [1.165, 1.54) is 12.1 Å².